The average Bonchev–Trinajstić information content (AvgIpc) is 2.99. The van der Waals surface area contributed by atoms with E-state index < -0.39 is 11.7 Å². The highest BCUT2D eigenvalue weighted by atomic mass is 35.5. The highest BCUT2D eigenvalue weighted by molar-refractivity contribution is 6.33. The Bertz CT molecular complexity index is 811. The van der Waals surface area contributed by atoms with E-state index in [0.717, 1.165) is 5.39 Å². The fraction of sp³-hybridized carbons (Fsp3) is 0.529. The van der Waals surface area contributed by atoms with Gasteiger partial charge in [-0.2, -0.15) is 0 Å². The van der Waals surface area contributed by atoms with Crippen LogP contribution in [0.25, 0.3) is 10.9 Å². The van der Waals surface area contributed by atoms with Crippen molar-refractivity contribution >= 4 is 34.4 Å². The molecule has 0 saturated carbocycles. The number of carbonyl (C=O) groups is 1. The molecule has 26 heavy (non-hydrogen) atoms. The molecule has 1 aliphatic rings. The molecule has 140 valence electrons. The monoisotopic (exact) mass is 379 g/mol. The first kappa shape index (κ1) is 18.6. The third-order valence-corrected chi connectivity index (χ3v) is 4.40. The molecule has 1 amide bonds. The van der Waals surface area contributed by atoms with Gasteiger partial charge < -0.3 is 20.1 Å². The Labute approximate surface area is 156 Å². The maximum absolute atomic E-state index is 12.3. The van der Waals surface area contributed by atoms with Crippen molar-refractivity contribution in [2.45, 2.75) is 32.4 Å². The van der Waals surface area contributed by atoms with Gasteiger partial charge in [-0.1, -0.05) is 11.6 Å². The van der Waals surface area contributed by atoms with Gasteiger partial charge in [-0.3, -0.25) is 4.98 Å². The Morgan fingerprint density at radius 1 is 1.42 bits per heavy atom. The first-order valence-electron chi connectivity index (χ1n) is 8.40. The van der Waals surface area contributed by atoms with Crippen molar-refractivity contribution in [3.63, 3.8) is 0 Å². The van der Waals surface area contributed by atoms with Crippen LogP contribution in [0.4, 0.5) is 10.6 Å². The molecule has 0 bridgehead atoms. The lowest BCUT2D eigenvalue weighted by Crippen LogP contribution is -2.36. The summed E-state index contributed by atoms with van der Waals surface area (Å²) in [5.74, 6) is 0.374. The molecule has 0 radical (unpaired) electrons. The molecule has 3 rings (SSSR count). The second-order valence-corrected chi connectivity index (χ2v) is 7.68. The summed E-state index contributed by atoms with van der Waals surface area (Å²) in [6.45, 7) is 6.20. The summed E-state index contributed by atoms with van der Waals surface area (Å²) < 4.78 is 5.42. The summed E-state index contributed by atoms with van der Waals surface area (Å²) in [5.41, 5.74) is -0.0184. The van der Waals surface area contributed by atoms with E-state index in [9.17, 15) is 9.90 Å². The topological polar surface area (TPSA) is 100 Å². The van der Waals surface area contributed by atoms with Gasteiger partial charge in [0.05, 0.1) is 6.04 Å². The molecular formula is C17H22ClN5O3. The van der Waals surface area contributed by atoms with Gasteiger partial charge in [-0.05, 0) is 32.9 Å². The van der Waals surface area contributed by atoms with E-state index in [2.05, 4.69) is 20.5 Å². The molecule has 1 aliphatic heterocycles. The van der Waals surface area contributed by atoms with E-state index in [1.54, 1.807) is 17.2 Å². The Hall–Kier alpha value is -2.19. The van der Waals surface area contributed by atoms with Gasteiger partial charge in [-0.15, -0.1) is 10.2 Å². The number of ether oxygens (including phenoxy) is 1. The zero-order valence-electron chi connectivity index (χ0n) is 14.9. The summed E-state index contributed by atoms with van der Waals surface area (Å²) in [6.07, 6.45) is 1.24. The predicted molar refractivity (Wildman–Crippen MR) is 98.1 cm³/mol. The number of hydrogen-bond donors (Lipinski definition) is 2. The molecule has 9 heteroatoms. The molecular weight excluding hydrogens is 358 g/mol. The maximum Gasteiger partial charge on any atom is 0.410 e. The fourth-order valence-corrected chi connectivity index (χ4v) is 3.12. The van der Waals surface area contributed by atoms with Crippen LogP contribution in [-0.4, -0.2) is 62.6 Å². The second-order valence-electron chi connectivity index (χ2n) is 7.32. The van der Waals surface area contributed by atoms with Crippen LogP contribution >= 0.6 is 11.6 Å². The standard InChI is InChI=1S/C17H22ClN5O3/c1-17(2,3)26-16(25)23-7-10(9-24)12(8-23)20-15-11-5-4-6-19-13(11)14(18)21-22-15/h4-6,10,12,24H,7-9H2,1-3H3,(H,20,22)/t10-,12+/m0/s1. The Kier molecular flexibility index (Phi) is 5.15. The summed E-state index contributed by atoms with van der Waals surface area (Å²) in [5, 5.41) is 22.0. The highest BCUT2D eigenvalue weighted by Crippen LogP contribution is 2.27. The number of fused-ring (bicyclic) bond motifs is 1. The molecule has 0 aliphatic carbocycles. The number of amides is 1. The predicted octanol–water partition coefficient (Wildman–Crippen LogP) is 2.32. The van der Waals surface area contributed by atoms with E-state index in [1.165, 1.54) is 0 Å². The Balaban J connectivity index is 1.79. The van der Waals surface area contributed by atoms with Crippen LogP contribution in [0, 0.1) is 5.92 Å². The van der Waals surface area contributed by atoms with E-state index in [-0.39, 0.29) is 23.7 Å². The maximum atomic E-state index is 12.3. The Morgan fingerprint density at radius 3 is 2.88 bits per heavy atom. The largest absolute Gasteiger partial charge is 0.444 e. The lowest BCUT2D eigenvalue weighted by atomic mass is 10.1. The van der Waals surface area contributed by atoms with Crippen LogP contribution < -0.4 is 5.32 Å². The van der Waals surface area contributed by atoms with Crippen LogP contribution in [0.1, 0.15) is 20.8 Å². The minimum atomic E-state index is -0.569. The third-order valence-electron chi connectivity index (χ3n) is 4.15. The van der Waals surface area contributed by atoms with Crippen molar-refractivity contribution in [2.75, 3.05) is 25.0 Å². The number of anilines is 1. The average molecular weight is 380 g/mol. The minimum Gasteiger partial charge on any atom is -0.444 e. The lowest BCUT2D eigenvalue weighted by Gasteiger charge is -2.24. The molecule has 0 aromatic carbocycles. The molecule has 0 unspecified atom stereocenters. The van der Waals surface area contributed by atoms with Crippen LogP contribution in [0.3, 0.4) is 0 Å². The van der Waals surface area contributed by atoms with Crippen molar-refractivity contribution in [2.24, 2.45) is 5.92 Å². The van der Waals surface area contributed by atoms with Crippen LogP contribution in [0.2, 0.25) is 5.15 Å². The molecule has 2 N–H and O–H groups in total. The molecule has 2 atom stereocenters. The number of nitrogens with zero attached hydrogens (tertiary/aromatic N) is 4. The van der Waals surface area contributed by atoms with Gasteiger partial charge in [0.2, 0.25) is 0 Å². The van der Waals surface area contributed by atoms with Gasteiger partial charge >= 0.3 is 6.09 Å². The van der Waals surface area contributed by atoms with Crippen molar-refractivity contribution in [3.05, 3.63) is 23.5 Å². The number of nitrogens with one attached hydrogen (secondary N) is 1. The SMILES string of the molecule is CC(C)(C)OC(=O)N1C[C@@H](CO)[C@H](Nc2nnc(Cl)c3ncccc23)C1. The number of pyridine rings is 1. The molecule has 2 aromatic heterocycles. The summed E-state index contributed by atoms with van der Waals surface area (Å²) in [6, 6.07) is 3.45. The summed E-state index contributed by atoms with van der Waals surface area (Å²) in [7, 11) is 0. The van der Waals surface area contributed by atoms with Gasteiger partial charge in [0.25, 0.3) is 0 Å². The van der Waals surface area contributed by atoms with Crippen LogP contribution in [0.15, 0.2) is 18.3 Å². The molecule has 1 saturated heterocycles. The molecule has 8 nitrogen and oxygen atoms in total. The third kappa shape index (κ3) is 3.96. The van der Waals surface area contributed by atoms with Crippen molar-refractivity contribution in [1.82, 2.24) is 20.1 Å². The number of likely N-dealkylation sites (tertiary alicyclic amines) is 1. The number of aromatic nitrogens is 3. The normalized spacial score (nSPS) is 20.4. The molecule has 3 heterocycles. The van der Waals surface area contributed by atoms with Crippen LogP contribution in [-0.2, 0) is 4.74 Å². The molecule has 0 spiro atoms. The van der Waals surface area contributed by atoms with Crippen molar-refractivity contribution in [3.8, 4) is 0 Å². The van der Waals surface area contributed by atoms with Crippen molar-refractivity contribution < 1.29 is 14.6 Å². The van der Waals surface area contributed by atoms with Crippen LogP contribution in [0.5, 0.6) is 0 Å². The van der Waals surface area contributed by atoms with E-state index >= 15 is 0 Å². The summed E-state index contributed by atoms with van der Waals surface area (Å²) >= 11 is 6.05. The number of aliphatic hydroxyl groups is 1. The lowest BCUT2D eigenvalue weighted by molar-refractivity contribution is 0.0283. The highest BCUT2D eigenvalue weighted by Gasteiger charge is 2.37. The zero-order valence-corrected chi connectivity index (χ0v) is 15.7. The van der Waals surface area contributed by atoms with E-state index in [1.807, 2.05) is 26.8 Å². The number of halogens is 1. The smallest absolute Gasteiger partial charge is 0.410 e. The van der Waals surface area contributed by atoms with Gasteiger partial charge in [-0.25, -0.2) is 4.79 Å². The second kappa shape index (κ2) is 7.20. The number of aliphatic hydroxyl groups excluding tert-OH is 1. The fourth-order valence-electron chi connectivity index (χ4n) is 2.93. The van der Waals surface area contributed by atoms with E-state index in [4.69, 9.17) is 16.3 Å². The number of carbonyl (C=O) groups excluding carboxylic acids is 1. The Morgan fingerprint density at radius 2 is 2.19 bits per heavy atom. The van der Waals surface area contributed by atoms with Gasteiger partial charge in [0.1, 0.15) is 11.1 Å². The zero-order chi connectivity index (χ0) is 18.9. The molecule has 2 aromatic rings. The van der Waals surface area contributed by atoms with Crippen molar-refractivity contribution in [1.29, 1.82) is 0 Å². The number of hydrogen-bond acceptors (Lipinski definition) is 7. The first-order valence-corrected chi connectivity index (χ1v) is 8.78. The number of rotatable bonds is 3. The minimum absolute atomic E-state index is 0.0613. The van der Waals surface area contributed by atoms with Gasteiger partial charge in [0.15, 0.2) is 11.0 Å². The first-order chi connectivity index (χ1) is 12.3. The van der Waals surface area contributed by atoms with Gasteiger partial charge in [0, 0.05) is 37.2 Å². The summed E-state index contributed by atoms with van der Waals surface area (Å²) in [4.78, 5) is 18.1. The molecule has 1 fully saturated rings. The quantitative estimate of drug-likeness (QED) is 0.843. The van der Waals surface area contributed by atoms with E-state index in [0.29, 0.717) is 24.4 Å².